The maximum Gasteiger partial charge on any atom is 0.239 e. The Hall–Kier alpha value is -1.62. The Balaban J connectivity index is 2.92. The van der Waals surface area contributed by atoms with Crippen LogP contribution in [0.2, 0.25) is 0 Å². The highest BCUT2D eigenvalue weighted by Gasteiger charge is 2.12. The summed E-state index contributed by atoms with van der Waals surface area (Å²) < 4.78 is 0. The summed E-state index contributed by atoms with van der Waals surface area (Å²) in [4.78, 5) is 17.7. The molecular formula is C12H20N4O. The number of pyridine rings is 1. The molecule has 0 spiro atoms. The highest BCUT2D eigenvalue weighted by molar-refractivity contribution is 5.80. The van der Waals surface area contributed by atoms with Gasteiger partial charge in [0, 0.05) is 26.3 Å². The Bertz CT molecular complexity index is 392. The molecule has 1 aromatic rings. The molecule has 94 valence electrons. The largest absolute Gasteiger partial charge is 0.358 e. The first-order valence-corrected chi connectivity index (χ1v) is 5.73. The summed E-state index contributed by atoms with van der Waals surface area (Å²) in [6, 6.07) is 2.01. The van der Waals surface area contributed by atoms with E-state index in [0.717, 1.165) is 23.5 Å². The second kappa shape index (κ2) is 6.20. The zero-order valence-electron chi connectivity index (χ0n) is 10.7. The fraction of sp³-hybridized carbons (Fsp3) is 0.500. The van der Waals surface area contributed by atoms with Crippen molar-refractivity contribution >= 4 is 11.7 Å². The molecule has 5 heteroatoms. The molecule has 0 atom stereocenters. The lowest BCUT2D eigenvalue weighted by molar-refractivity contribution is -0.119. The number of nitrogens with one attached hydrogen (secondary N) is 1. The summed E-state index contributed by atoms with van der Waals surface area (Å²) in [7, 11) is 1.63. The van der Waals surface area contributed by atoms with Crippen LogP contribution in [0.4, 0.5) is 5.82 Å². The molecule has 0 fully saturated rings. The molecule has 0 unspecified atom stereocenters. The van der Waals surface area contributed by atoms with E-state index in [4.69, 9.17) is 5.73 Å². The van der Waals surface area contributed by atoms with E-state index < -0.39 is 0 Å². The number of hydrogen-bond acceptors (Lipinski definition) is 4. The molecule has 1 amide bonds. The van der Waals surface area contributed by atoms with Crippen LogP contribution in [0.15, 0.2) is 12.3 Å². The highest BCUT2D eigenvalue weighted by atomic mass is 16.1. The van der Waals surface area contributed by atoms with Gasteiger partial charge in [-0.3, -0.25) is 4.79 Å². The van der Waals surface area contributed by atoms with Crippen LogP contribution in [-0.4, -0.2) is 31.0 Å². The van der Waals surface area contributed by atoms with Gasteiger partial charge in [0.05, 0.1) is 6.54 Å². The molecule has 0 saturated heterocycles. The number of carbonyl (C=O) groups excluding carboxylic acids is 1. The lowest BCUT2D eigenvalue weighted by atomic mass is 10.2. The second-order valence-electron chi connectivity index (χ2n) is 3.88. The fourth-order valence-electron chi connectivity index (χ4n) is 1.66. The van der Waals surface area contributed by atoms with E-state index in [-0.39, 0.29) is 5.91 Å². The standard InChI is InChI=1S/C12H20N4O/c1-4-16(8-11(17)14-3)12-9(2)5-10(6-13)7-15-12/h5,7H,4,6,8,13H2,1-3H3,(H,14,17). The SMILES string of the molecule is CCN(CC(=O)NC)c1ncc(CN)cc1C. The number of aromatic nitrogens is 1. The first-order valence-electron chi connectivity index (χ1n) is 5.73. The summed E-state index contributed by atoms with van der Waals surface area (Å²) in [6.07, 6.45) is 1.76. The van der Waals surface area contributed by atoms with Crippen LogP contribution in [-0.2, 0) is 11.3 Å². The number of anilines is 1. The van der Waals surface area contributed by atoms with Crippen LogP contribution in [0.3, 0.4) is 0 Å². The quantitative estimate of drug-likeness (QED) is 0.777. The zero-order chi connectivity index (χ0) is 12.8. The third-order valence-electron chi connectivity index (χ3n) is 2.64. The van der Waals surface area contributed by atoms with Gasteiger partial charge in [-0.05, 0) is 31.0 Å². The normalized spacial score (nSPS) is 10.1. The van der Waals surface area contributed by atoms with Gasteiger partial charge in [-0.2, -0.15) is 0 Å². The molecule has 5 nitrogen and oxygen atoms in total. The Labute approximate surface area is 102 Å². The van der Waals surface area contributed by atoms with Crippen molar-refractivity contribution in [2.24, 2.45) is 5.73 Å². The van der Waals surface area contributed by atoms with Gasteiger partial charge in [0.25, 0.3) is 0 Å². The maximum atomic E-state index is 11.4. The van der Waals surface area contributed by atoms with Crippen LogP contribution >= 0.6 is 0 Å². The zero-order valence-corrected chi connectivity index (χ0v) is 10.7. The van der Waals surface area contributed by atoms with Crippen LogP contribution < -0.4 is 16.0 Å². The molecule has 1 heterocycles. The van der Waals surface area contributed by atoms with Gasteiger partial charge in [-0.15, -0.1) is 0 Å². The molecular weight excluding hydrogens is 216 g/mol. The van der Waals surface area contributed by atoms with Crippen LogP contribution in [0, 0.1) is 6.92 Å². The smallest absolute Gasteiger partial charge is 0.239 e. The molecule has 0 aromatic carbocycles. The Morgan fingerprint density at radius 3 is 2.76 bits per heavy atom. The van der Waals surface area contributed by atoms with Gasteiger partial charge in [0.2, 0.25) is 5.91 Å². The van der Waals surface area contributed by atoms with Gasteiger partial charge in [0.15, 0.2) is 0 Å². The number of hydrogen-bond donors (Lipinski definition) is 2. The predicted molar refractivity (Wildman–Crippen MR) is 68.8 cm³/mol. The van der Waals surface area contributed by atoms with Crippen molar-refractivity contribution < 1.29 is 4.79 Å². The monoisotopic (exact) mass is 236 g/mol. The Morgan fingerprint density at radius 1 is 1.59 bits per heavy atom. The van der Waals surface area contributed by atoms with E-state index in [1.807, 2.05) is 24.8 Å². The molecule has 0 aliphatic heterocycles. The first kappa shape index (κ1) is 13.4. The summed E-state index contributed by atoms with van der Waals surface area (Å²) in [5.74, 6) is 0.823. The van der Waals surface area contributed by atoms with Gasteiger partial charge in [-0.1, -0.05) is 0 Å². The van der Waals surface area contributed by atoms with Crippen molar-refractivity contribution in [3.63, 3.8) is 0 Å². The van der Waals surface area contributed by atoms with Crippen molar-refractivity contribution in [3.8, 4) is 0 Å². The highest BCUT2D eigenvalue weighted by Crippen LogP contribution is 2.17. The average molecular weight is 236 g/mol. The molecule has 3 N–H and O–H groups in total. The van der Waals surface area contributed by atoms with Crippen molar-refractivity contribution in [2.75, 3.05) is 25.0 Å². The van der Waals surface area contributed by atoms with Crippen molar-refractivity contribution in [2.45, 2.75) is 20.4 Å². The van der Waals surface area contributed by atoms with Crippen LogP contribution in [0.5, 0.6) is 0 Å². The summed E-state index contributed by atoms with van der Waals surface area (Å²) >= 11 is 0. The van der Waals surface area contributed by atoms with Crippen molar-refractivity contribution in [1.29, 1.82) is 0 Å². The van der Waals surface area contributed by atoms with Crippen LogP contribution in [0.25, 0.3) is 0 Å². The molecule has 0 radical (unpaired) electrons. The molecule has 0 saturated carbocycles. The van der Waals surface area contributed by atoms with Gasteiger partial charge >= 0.3 is 0 Å². The lowest BCUT2D eigenvalue weighted by Crippen LogP contribution is -2.36. The Kier molecular flexibility index (Phi) is 4.90. The number of nitrogens with two attached hydrogens (primary N) is 1. The summed E-state index contributed by atoms with van der Waals surface area (Å²) in [6.45, 7) is 5.52. The lowest BCUT2D eigenvalue weighted by Gasteiger charge is -2.22. The minimum absolute atomic E-state index is 0.0176. The van der Waals surface area contributed by atoms with E-state index in [1.54, 1.807) is 13.2 Å². The van der Waals surface area contributed by atoms with E-state index in [2.05, 4.69) is 10.3 Å². The summed E-state index contributed by atoms with van der Waals surface area (Å²) in [5, 5.41) is 2.61. The van der Waals surface area contributed by atoms with E-state index in [0.29, 0.717) is 13.1 Å². The fourth-order valence-corrected chi connectivity index (χ4v) is 1.66. The number of nitrogens with zero attached hydrogens (tertiary/aromatic N) is 2. The number of carbonyl (C=O) groups is 1. The first-order chi connectivity index (χ1) is 8.12. The topological polar surface area (TPSA) is 71.2 Å². The molecule has 0 aliphatic carbocycles. The molecule has 0 bridgehead atoms. The number of rotatable bonds is 5. The average Bonchev–Trinajstić information content (AvgIpc) is 2.35. The minimum atomic E-state index is -0.0176. The van der Waals surface area contributed by atoms with Crippen LogP contribution in [0.1, 0.15) is 18.1 Å². The van der Waals surface area contributed by atoms with Gasteiger partial charge in [-0.25, -0.2) is 4.98 Å². The third-order valence-corrected chi connectivity index (χ3v) is 2.64. The number of aryl methyl sites for hydroxylation is 1. The maximum absolute atomic E-state index is 11.4. The van der Waals surface area contributed by atoms with Crippen molar-refractivity contribution in [3.05, 3.63) is 23.4 Å². The van der Waals surface area contributed by atoms with E-state index in [1.165, 1.54) is 0 Å². The van der Waals surface area contributed by atoms with Crippen molar-refractivity contribution in [1.82, 2.24) is 10.3 Å². The number of amides is 1. The van der Waals surface area contributed by atoms with E-state index >= 15 is 0 Å². The predicted octanol–water partition coefficient (Wildman–Crippen LogP) is 0.421. The van der Waals surface area contributed by atoms with E-state index in [9.17, 15) is 4.79 Å². The van der Waals surface area contributed by atoms with Gasteiger partial charge in [0.1, 0.15) is 5.82 Å². The number of likely N-dealkylation sites (N-methyl/N-ethyl adjacent to an activating group) is 2. The molecule has 0 aliphatic rings. The third kappa shape index (κ3) is 3.42. The minimum Gasteiger partial charge on any atom is -0.358 e. The Morgan fingerprint density at radius 2 is 2.29 bits per heavy atom. The summed E-state index contributed by atoms with van der Waals surface area (Å²) in [5.41, 5.74) is 7.60. The second-order valence-corrected chi connectivity index (χ2v) is 3.88. The van der Waals surface area contributed by atoms with Gasteiger partial charge < -0.3 is 16.0 Å². The molecule has 1 aromatic heterocycles. The molecule has 17 heavy (non-hydrogen) atoms. The molecule has 1 rings (SSSR count).